The van der Waals surface area contributed by atoms with Crippen LogP contribution in [0.2, 0.25) is 0 Å². The molecule has 0 bridgehead atoms. The fourth-order valence-corrected chi connectivity index (χ4v) is 4.13. The molecule has 1 fully saturated rings. The Morgan fingerprint density at radius 3 is 2.85 bits per heavy atom. The third-order valence-corrected chi connectivity index (χ3v) is 5.54. The predicted molar refractivity (Wildman–Crippen MR) is 102 cm³/mol. The van der Waals surface area contributed by atoms with Crippen LogP contribution in [0.1, 0.15) is 50.7 Å². The molecule has 2 aliphatic rings. The first-order chi connectivity index (χ1) is 12.9. The van der Waals surface area contributed by atoms with Crippen LogP contribution in [0.15, 0.2) is 29.4 Å². The Hall–Kier alpha value is -2.37. The molecule has 1 aromatic rings. The fourth-order valence-electron chi connectivity index (χ4n) is 4.13. The fraction of sp³-hybridized carbons (Fsp3) is 0.571. The minimum atomic E-state index is -0.721. The largest absolute Gasteiger partial charge is 0.466 e. The zero-order chi connectivity index (χ0) is 19.4. The molecule has 1 aromatic carbocycles. The maximum absolute atomic E-state index is 12.8. The van der Waals surface area contributed by atoms with Gasteiger partial charge < -0.3 is 14.5 Å². The minimum Gasteiger partial charge on any atom is -0.466 e. The van der Waals surface area contributed by atoms with Crippen molar-refractivity contribution < 1.29 is 19.2 Å². The van der Waals surface area contributed by atoms with E-state index >= 15 is 0 Å². The van der Waals surface area contributed by atoms with Gasteiger partial charge in [-0.25, -0.2) is 0 Å². The van der Waals surface area contributed by atoms with Crippen molar-refractivity contribution >= 4 is 17.6 Å². The van der Waals surface area contributed by atoms with Gasteiger partial charge in [-0.3, -0.25) is 9.59 Å². The Balaban J connectivity index is 1.75. The molecule has 0 radical (unpaired) electrons. The molecule has 0 N–H and O–H groups in total. The quantitative estimate of drug-likeness (QED) is 0.745. The van der Waals surface area contributed by atoms with Crippen molar-refractivity contribution in [2.45, 2.75) is 52.6 Å². The summed E-state index contributed by atoms with van der Waals surface area (Å²) in [5.74, 6) is -0.239. The highest BCUT2D eigenvalue weighted by molar-refractivity contribution is 6.02. The number of hydrogen-bond donors (Lipinski definition) is 0. The number of hydrogen-bond acceptors (Lipinski definition) is 5. The Morgan fingerprint density at radius 2 is 2.15 bits per heavy atom. The van der Waals surface area contributed by atoms with Gasteiger partial charge >= 0.3 is 5.97 Å². The van der Waals surface area contributed by atoms with E-state index in [-0.39, 0.29) is 18.0 Å². The van der Waals surface area contributed by atoms with Gasteiger partial charge in [-0.2, -0.15) is 0 Å². The summed E-state index contributed by atoms with van der Waals surface area (Å²) in [6.45, 7) is 6.82. The van der Waals surface area contributed by atoms with Crippen molar-refractivity contribution in [1.29, 1.82) is 0 Å². The Bertz CT molecular complexity index is 745. The van der Waals surface area contributed by atoms with Gasteiger partial charge in [0.1, 0.15) is 6.10 Å². The maximum Gasteiger partial charge on any atom is 0.314 e. The number of esters is 1. The van der Waals surface area contributed by atoms with Crippen molar-refractivity contribution in [3.63, 3.8) is 0 Å². The average Bonchev–Trinajstić information content (AvgIpc) is 3.10. The molecule has 1 amide bonds. The lowest BCUT2D eigenvalue weighted by atomic mass is 9.74. The molecular formula is C21H28N2O4. The Kier molecular flexibility index (Phi) is 5.82. The molecule has 0 saturated carbocycles. The lowest BCUT2D eigenvalue weighted by Gasteiger charge is -2.41. The number of aryl methyl sites for hydroxylation is 1. The molecule has 0 aromatic heterocycles. The summed E-state index contributed by atoms with van der Waals surface area (Å²) in [5.41, 5.74) is 2.43. The summed E-state index contributed by atoms with van der Waals surface area (Å²) in [6.07, 6.45) is 2.47. The lowest BCUT2D eigenvalue weighted by Crippen LogP contribution is -2.51. The summed E-state index contributed by atoms with van der Waals surface area (Å²) >= 11 is 0. The summed E-state index contributed by atoms with van der Waals surface area (Å²) in [4.78, 5) is 32.2. The van der Waals surface area contributed by atoms with E-state index in [1.54, 1.807) is 11.8 Å². The summed E-state index contributed by atoms with van der Waals surface area (Å²) in [7, 11) is 0. The van der Waals surface area contributed by atoms with Crippen molar-refractivity contribution in [1.82, 2.24) is 4.90 Å². The number of carbonyl (C=O) groups excluding carboxylic acids is 2. The Morgan fingerprint density at radius 1 is 1.37 bits per heavy atom. The number of piperidine rings is 1. The van der Waals surface area contributed by atoms with Crippen LogP contribution in [0.5, 0.6) is 0 Å². The van der Waals surface area contributed by atoms with Crippen LogP contribution < -0.4 is 0 Å². The number of rotatable bonds is 5. The molecule has 2 aliphatic heterocycles. The van der Waals surface area contributed by atoms with Crippen molar-refractivity contribution in [2.24, 2.45) is 10.6 Å². The SMILES string of the molecule is CCOC(=O)[C@@]1(C[C@H]2CC(c3ccccc3C)=NO2)CCCN(C(C)=O)C1. The highest BCUT2D eigenvalue weighted by Gasteiger charge is 2.47. The van der Waals surface area contributed by atoms with Crippen LogP contribution in [-0.2, 0) is 19.2 Å². The van der Waals surface area contributed by atoms with E-state index in [2.05, 4.69) is 18.1 Å². The van der Waals surface area contributed by atoms with E-state index in [4.69, 9.17) is 9.57 Å². The van der Waals surface area contributed by atoms with Gasteiger partial charge in [0.2, 0.25) is 5.91 Å². The molecule has 1 saturated heterocycles. The standard InChI is InChI=1S/C21H28N2O4/c1-4-26-20(25)21(10-7-11-23(14-21)16(3)24)13-17-12-19(22-27-17)18-9-6-5-8-15(18)2/h5-6,8-9,17H,4,7,10-14H2,1-3H3/t17-,21-/m1/s1. The average molecular weight is 372 g/mol. The molecule has 2 atom stereocenters. The number of ether oxygens (including phenoxy) is 1. The van der Waals surface area contributed by atoms with E-state index in [0.29, 0.717) is 39.0 Å². The third kappa shape index (κ3) is 4.15. The first kappa shape index (κ1) is 19.4. The number of carbonyl (C=O) groups is 2. The molecule has 6 heteroatoms. The number of benzene rings is 1. The smallest absolute Gasteiger partial charge is 0.314 e. The third-order valence-electron chi connectivity index (χ3n) is 5.54. The number of likely N-dealkylation sites (tertiary alicyclic amines) is 1. The normalized spacial score (nSPS) is 24.9. The molecule has 0 aliphatic carbocycles. The summed E-state index contributed by atoms with van der Waals surface area (Å²) in [6, 6.07) is 8.08. The van der Waals surface area contributed by atoms with E-state index in [1.165, 1.54) is 0 Å². The minimum absolute atomic E-state index is 0.00689. The molecule has 0 spiro atoms. The van der Waals surface area contributed by atoms with E-state index in [0.717, 1.165) is 23.3 Å². The molecule has 3 rings (SSSR count). The number of nitrogens with zero attached hydrogens (tertiary/aromatic N) is 2. The zero-order valence-corrected chi connectivity index (χ0v) is 16.4. The number of oxime groups is 1. The molecule has 27 heavy (non-hydrogen) atoms. The van der Waals surface area contributed by atoms with E-state index < -0.39 is 5.41 Å². The second-order valence-electron chi connectivity index (χ2n) is 7.53. The van der Waals surface area contributed by atoms with Crippen LogP contribution in [0.3, 0.4) is 0 Å². The predicted octanol–water partition coefficient (Wildman–Crippen LogP) is 3.07. The number of amides is 1. The second kappa shape index (κ2) is 8.11. The Labute approximate surface area is 160 Å². The molecular weight excluding hydrogens is 344 g/mol. The monoisotopic (exact) mass is 372 g/mol. The van der Waals surface area contributed by atoms with E-state index in [1.807, 2.05) is 25.1 Å². The second-order valence-corrected chi connectivity index (χ2v) is 7.53. The van der Waals surface area contributed by atoms with Crippen molar-refractivity contribution in [3.8, 4) is 0 Å². The molecule has 146 valence electrons. The summed E-state index contributed by atoms with van der Waals surface area (Å²) < 4.78 is 5.38. The van der Waals surface area contributed by atoms with Crippen molar-refractivity contribution in [3.05, 3.63) is 35.4 Å². The van der Waals surface area contributed by atoms with Crippen molar-refractivity contribution in [2.75, 3.05) is 19.7 Å². The molecule has 2 heterocycles. The van der Waals surface area contributed by atoms with Crippen LogP contribution in [-0.4, -0.2) is 48.3 Å². The van der Waals surface area contributed by atoms with Crippen LogP contribution in [0, 0.1) is 12.3 Å². The van der Waals surface area contributed by atoms with Gasteiger partial charge in [0, 0.05) is 38.4 Å². The molecule has 6 nitrogen and oxygen atoms in total. The first-order valence-corrected chi connectivity index (χ1v) is 9.66. The topological polar surface area (TPSA) is 68.2 Å². The van der Waals surface area contributed by atoms with Gasteiger partial charge in [-0.1, -0.05) is 29.4 Å². The van der Waals surface area contributed by atoms with Gasteiger partial charge in [0.15, 0.2) is 0 Å². The zero-order valence-electron chi connectivity index (χ0n) is 16.4. The van der Waals surface area contributed by atoms with E-state index in [9.17, 15) is 9.59 Å². The van der Waals surface area contributed by atoms with Gasteiger partial charge in [-0.15, -0.1) is 0 Å². The molecule has 0 unspecified atom stereocenters. The first-order valence-electron chi connectivity index (χ1n) is 9.66. The van der Waals surface area contributed by atoms with Crippen LogP contribution >= 0.6 is 0 Å². The van der Waals surface area contributed by atoms with Crippen LogP contribution in [0.25, 0.3) is 0 Å². The van der Waals surface area contributed by atoms with Gasteiger partial charge in [0.25, 0.3) is 0 Å². The maximum atomic E-state index is 12.8. The van der Waals surface area contributed by atoms with Gasteiger partial charge in [-0.05, 0) is 32.3 Å². The lowest BCUT2D eigenvalue weighted by molar-refractivity contribution is -0.163. The summed E-state index contributed by atoms with van der Waals surface area (Å²) in [5, 5.41) is 4.29. The van der Waals surface area contributed by atoms with Crippen LogP contribution in [0.4, 0.5) is 0 Å². The van der Waals surface area contributed by atoms with Gasteiger partial charge in [0.05, 0.1) is 17.7 Å². The highest BCUT2D eigenvalue weighted by atomic mass is 16.6. The highest BCUT2D eigenvalue weighted by Crippen LogP contribution is 2.39.